The fourth-order valence-corrected chi connectivity index (χ4v) is 4.29. The SMILES string of the molecule is CN=C(NCC1CCS(=O)(=O)C1)NCC(C)(C)NC(=O)OC(C)(C)C. The molecule has 0 spiro atoms. The minimum Gasteiger partial charge on any atom is -0.444 e. The largest absolute Gasteiger partial charge is 0.444 e. The molecule has 8 nitrogen and oxygen atoms in total. The van der Waals surface area contributed by atoms with Crippen LogP contribution < -0.4 is 16.0 Å². The minimum atomic E-state index is -2.88. The third kappa shape index (κ3) is 8.94. The van der Waals surface area contributed by atoms with Crippen LogP contribution in [0.1, 0.15) is 41.0 Å². The van der Waals surface area contributed by atoms with E-state index in [1.807, 2.05) is 34.6 Å². The van der Waals surface area contributed by atoms with Crippen molar-refractivity contribution in [2.24, 2.45) is 10.9 Å². The Balaban J connectivity index is 2.41. The summed E-state index contributed by atoms with van der Waals surface area (Å²) in [4.78, 5) is 16.0. The number of hydrogen-bond acceptors (Lipinski definition) is 5. The minimum absolute atomic E-state index is 0.108. The summed E-state index contributed by atoms with van der Waals surface area (Å²) >= 11 is 0. The van der Waals surface area contributed by atoms with Gasteiger partial charge in [0.05, 0.1) is 17.0 Å². The average Bonchev–Trinajstić information content (AvgIpc) is 2.75. The highest BCUT2D eigenvalue weighted by molar-refractivity contribution is 7.91. The summed E-state index contributed by atoms with van der Waals surface area (Å²) in [6.07, 6.45) is 0.205. The second kappa shape index (κ2) is 8.25. The van der Waals surface area contributed by atoms with Crippen molar-refractivity contribution in [3.8, 4) is 0 Å². The van der Waals surface area contributed by atoms with Gasteiger partial charge in [-0.05, 0) is 47.0 Å². The number of alkyl carbamates (subject to hydrolysis) is 1. The van der Waals surface area contributed by atoms with Gasteiger partial charge in [-0.25, -0.2) is 13.2 Å². The molecule has 1 atom stereocenters. The van der Waals surface area contributed by atoms with Crippen molar-refractivity contribution in [2.75, 3.05) is 31.6 Å². The van der Waals surface area contributed by atoms with Crippen LogP contribution in [0.4, 0.5) is 4.79 Å². The molecule has 0 bridgehead atoms. The van der Waals surface area contributed by atoms with Crippen molar-refractivity contribution in [1.29, 1.82) is 0 Å². The molecular weight excluding hydrogens is 344 g/mol. The van der Waals surface area contributed by atoms with E-state index in [0.29, 0.717) is 25.5 Å². The predicted molar refractivity (Wildman–Crippen MR) is 99.6 cm³/mol. The second-order valence-electron chi connectivity index (χ2n) is 8.09. The van der Waals surface area contributed by atoms with Gasteiger partial charge in [0.25, 0.3) is 0 Å². The number of nitrogens with one attached hydrogen (secondary N) is 3. The van der Waals surface area contributed by atoms with Gasteiger partial charge in [-0.2, -0.15) is 0 Å². The average molecular weight is 377 g/mol. The molecule has 9 heteroatoms. The molecule has 0 aromatic rings. The number of nitrogens with zero attached hydrogens (tertiary/aromatic N) is 1. The number of ether oxygens (including phenoxy) is 1. The van der Waals surface area contributed by atoms with Crippen LogP contribution in [0.2, 0.25) is 0 Å². The Hall–Kier alpha value is -1.51. The Morgan fingerprint density at radius 2 is 1.84 bits per heavy atom. The molecule has 1 aliphatic heterocycles. The van der Waals surface area contributed by atoms with Crippen LogP contribution in [-0.4, -0.2) is 63.3 Å². The fraction of sp³-hybridized carbons (Fsp3) is 0.875. The summed E-state index contributed by atoms with van der Waals surface area (Å²) in [5.74, 6) is 1.17. The van der Waals surface area contributed by atoms with Crippen LogP contribution in [0.5, 0.6) is 0 Å². The smallest absolute Gasteiger partial charge is 0.408 e. The van der Waals surface area contributed by atoms with Crippen molar-refractivity contribution in [2.45, 2.75) is 52.2 Å². The van der Waals surface area contributed by atoms with Crippen molar-refractivity contribution in [1.82, 2.24) is 16.0 Å². The highest BCUT2D eigenvalue weighted by Crippen LogP contribution is 2.17. The van der Waals surface area contributed by atoms with E-state index in [2.05, 4.69) is 20.9 Å². The highest BCUT2D eigenvalue weighted by atomic mass is 32.2. The zero-order valence-electron chi connectivity index (χ0n) is 16.1. The van der Waals surface area contributed by atoms with Crippen molar-refractivity contribution in [3.63, 3.8) is 0 Å². The Bertz CT molecular complexity index is 594. The number of aliphatic imine (C=N–C) groups is 1. The van der Waals surface area contributed by atoms with Crippen LogP contribution in [-0.2, 0) is 14.6 Å². The Kier molecular flexibility index (Phi) is 7.10. The Labute approximate surface area is 151 Å². The van der Waals surface area contributed by atoms with Gasteiger partial charge in [-0.3, -0.25) is 4.99 Å². The fourth-order valence-electron chi connectivity index (χ4n) is 2.42. The van der Waals surface area contributed by atoms with Crippen molar-refractivity contribution < 1.29 is 17.9 Å². The quantitative estimate of drug-likeness (QED) is 0.486. The molecule has 1 aliphatic rings. The van der Waals surface area contributed by atoms with Crippen LogP contribution in [0.25, 0.3) is 0 Å². The molecule has 0 aromatic carbocycles. The third-order valence-corrected chi connectivity index (χ3v) is 5.48. The first-order valence-electron chi connectivity index (χ1n) is 8.48. The van der Waals surface area contributed by atoms with Gasteiger partial charge in [0.1, 0.15) is 5.60 Å². The molecule has 0 aromatic heterocycles. The van der Waals surface area contributed by atoms with Crippen LogP contribution >= 0.6 is 0 Å². The molecule has 1 heterocycles. The number of amides is 1. The predicted octanol–water partition coefficient (Wildman–Crippen LogP) is 0.889. The molecular formula is C16H32N4O4S. The summed E-state index contributed by atoms with van der Waals surface area (Å²) < 4.78 is 28.2. The molecule has 146 valence electrons. The van der Waals surface area contributed by atoms with E-state index in [1.165, 1.54) is 0 Å². The van der Waals surface area contributed by atoms with Gasteiger partial charge in [0.2, 0.25) is 0 Å². The number of hydrogen-bond donors (Lipinski definition) is 3. The van der Waals surface area contributed by atoms with E-state index < -0.39 is 27.1 Å². The number of carbonyl (C=O) groups is 1. The maximum absolute atomic E-state index is 11.9. The number of carbonyl (C=O) groups excluding carboxylic acids is 1. The second-order valence-corrected chi connectivity index (χ2v) is 10.3. The van der Waals surface area contributed by atoms with Gasteiger partial charge in [-0.15, -0.1) is 0 Å². The molecule has 1 amide bonds. The molecule has 1 unspecified atom stereocenters. The third-order valence-electron chi connectivity index (χ3n) is 3.65. The van der Waals surface area contributed by atoms with Crippen LogP contribution in [0.15, 0.2) is 4.99 Å². The summed E-state index contributed by atoms with van der Waals surface area (Å²) in [6, 6.07) is 0. The lowest BCUT2D eigenvalue weighted by atomic mass is 10.1. The summed E-state index contributed by atoms with van der Waals surface area (Å²) in [5.41, 5.74) is -1.09. The molecule has 0 saturated carbocycles. The maximum atomic E-state index is 11.9. The summed E-state index contributed by atoms with van der Waals surface area (Å²) in [7, 11) is -1.23. The van der Waals surface area contributed by atoms with Crippen LogP contribution in [0.3, 0.4) is 0 Å². The highest BCUT2D eigenvalue weighted by Gasteiger charge is 2.28. The topological polar surface area (TPSA) is 109 Å². The Morgan fingerprint density at radius 1 is 1.20 bits per heavy atom. The number of guanidine groups is 1. The van der Waals surface area contributed by atoms with E-state index in [9.17, 15) is 13.2 Å². The first kappa shape index (κ1) is 21.5. The molecule has 1 saturated heterocycles. The van der Waals surface area contributed by atoms with E-state index in [4.69, 9.17) is 4.74 Å². The number of rotatable bonds is 5. The maximum Gasteiger partial charge on any atom is 0.408 e. The zero-order valence-corrected chi connectivity index (χ0v) is 16.9. The molecule has 0 aliphatic carbocycles. The first-order chi connectivity index (χ1) is 11.3. The van der Waals surface area contributed by atoms with E-state index >= 15 is 0 Å². The van der Waals surface area contributed by atoms with E-state index in [-0.39, 0.29) is 17.4 Å². The van der Waals surface area contributed by atoms with Gasteiger partial charge in [0.15, 0.2) is 15.8 Å². The summed E-state index contributed by atoms with van der Waals surface area (Å²) in [6.45, 7) is 10.2. The van der Waals surface area contributed by atoms with E-state index in [1.54, 1.807) is 7.05 Å². The molecule has 1 rings (SSSR count). The summed E-state index contributed by atoms with van der Waals surface area (Å²) in [5, 5.41) is 9.10. The van der Waals surface area contributed by atoms with E-state index in [0.717, 1.165) is 0 Å². The number of sulfone groups is 1. The molecule has 25 heavy (non-hydrogen) atoms. The molecule has 3 N–H and O–H groups in total. The lowest BCUT2D eigenvalue weighted by Gasteiger charge is -2.29. The van der Waals surface area contributed by atoms with Gasteiger partial charge >= 0.3 is 6.09 Å². The van der Waals surface area contributed by atoms with Gasteiger partial charge < -0.3 is 20.7 Å². The first-order valence-corrected chi connectivity index (χ1v) is 10.3. The van der Waals surface area contributed by atoms with Crippen molar-refractivity contribution in [3.05, 3.63) is 0 Å². The van der Waals surface area contributed by atoms with Gasteiger partial charge in [0, 0.05) is 20.1 Å². The normalized spacial score (nSPS) is 20.9. The van der Waals surface area contributed by atoms with Gasteiger partial charge in [-0.1, -0.05) is 0 Å². The lowest BCUT2D eigenvalue weighted by Crippen LogP contribution is -2.54. The standard InChI is InChI=1S/C16H32N4O4S/c1-15(2,3)24-14(21)20-16(4,5)11-19-13(17-6)18-9-12-7-8-25(22,23)10-12/h12H,7-11H2,1-6H3,(H,20,21)(H2,17,18,19). The lowest BCUT2D eigenvalue weighted by molar-refractivity contribution is 0.0474. The van der Waals surface area contributed by atoms with Crippen LogP contribution in [0, 0.1) is 5.92 Å². The molecule has 1 fully saturated rings. The molecule has 0 radical (unpaired) electrons. The Morgan fingerprint density at radius 3 is 2.32 bits per heavy atom. The monoisotopic (exact) mass is 376 g/mol. The zero-order chi connectivity index (χ0) is 19.3. The van der Waals surface area contributed by atoms with Crippen molar-refractivity contribution >= 4 is 21.9 Å².